The van der Waals surface area contributed by atoms with Gasteiger partial charge in [0.25, 0.3) is 0 Å². The molecule has 0 atom stereocenters. The molecule has 0 aromatic carbocycles. The van der Waals surface area contributed by atoms with Crippen LogP contribution >= 0.6 is 0 Å². The number of hydrogen-bond donors (Lipinski definition) is 1. The highest BCUT2D eigenvalue weighted by atomic mass is 16.5. The molecule has 14 heavy (non-hydrogen) atoms. The summed E-state index contributed by atoms with van der Waals surface area (Å²) < 4.78 is 5.46. The van der Waals surface area contributed by atoms with Crippen LogP contribution in [-0.4, -0.2) is 26.3 Å². The number of ether oxygens (including phenoxy) is 1. The SMILES string of the molecule is C=CCNCCOCCCCCCC. The van der Waals surface area contributed by atoms with Gasteiger partial charge in [-0.1, -0.05) is 38.7 Å². The Morgan fingerprint density at radius 1 is 1.14 bits per heavy atom. The number of unbranched alkanes of at least 4 members (excludes halogenated alkanes) is 4. The summed E-state index contributed by atoms with van der Waals surface area (Å²) in [5, 5.41) is 3.20. The minimum absolute atomic E-state index is 0.821. The molecule has 0 radical (unpaired) electrons. The van der Waals surface area contributed by atoms with Crippen molar-refractivity contribution in [1.29, 1.82) is 0 Å². The van der Waals surface area contributed by atoms with Gasteiger partial charge in [0.2, 0.25) is 0 Å². The summed E-state index contributed by atoms with van der Waals surface area (Å²) in [6.07, 6.45) is 8.42. The summed E-state index contributed by atoms with van der Waals surface area (Å²) in [5.74, 6) is 0. The second-order valence-corrected chi connectivity index (χ2v) is 3.52. The van der Waals surface area contributed by atoms with Gasteiger partial charge < -0.3 is 10.1 Å². The van der Waals surface area contributed by atoms with Crippen molar-refractivity contribution in [2.24, 2.45) is 0 Å². The molecule has 84 valence electrons. The van der Waals surface area contributed by atoms with Gasteiger partial charge in [0.15, 0.2) is 0 Å². The highest BCUT2D eigenvalue weighted by Gasteiger charge is 1.90. The lowest BCUT2D eigenvalue weighted by molar-refractivity contribution is 0.132. The lowest BCUT2D eigenvalue weighted by atomic mass is 10.2. The average molecular weight is 199 g/mol. The fourth-order valence-corrected chi connectivity index (χ4v) is 1.26. The lowest BCUT2D eigenvalue weighted by Crippen LogP contribution is -2.19. The lowest BCUT2D eigenvalue weighted by Gasteiger charge is -2.04. The van der Waals surface area contributed by atoms with E-state index in [1.165, 1.54) is 32.1 Å². The molecule has 0 unspecified atom stereocenters. The molecule has 0 spiro atoms. The Bertz CT molecular complexity index is 115. The van der Waals surface area contributed by atoms with Crippen LogP contribution in [0.2, 0.25) is 0 Å². The molecule has 0 aliphatic rings. The second-order valence-electron chi connectivity index (χ2n) is 3.52. The zero-order valence-electron chi connectivity index (χ0n) is 9.56. The van der Waals surface area contributed by atoms with Gasteiger partial charge in [-0.15, -0.1) is 6.58 Å². The minimum Gasteiger partial charge on any atom is -0.380 e. The molecule has 0 bridgehead atoms. The van der Waals surface area contributed by atoms with Gasteiger partial charge in [-0.05, 0) is 6.42 Å². The van der Waals surface area contributed by atoms with Crippen LogP contribution in [0.5, 0.6) is 0 Å². The molecule has 0 amide bonds. The Morgan fingerprint density at radius 3 is 2.64 bits per heavy atom. The van der Waals surface area contributed by atoms with Gasteiger partial charge in [-0.3, -0.25) is 0 Å². The van der Waals surface area contributed by atoms with Crippen LogP contribution < -0.4 is 5.32 Å². The first-order valence-electron chi connectivity index (χ1n) is 5.81. The predicted octanol–water partition coefficient (Wildman–Crippen LogP) is 2.75. The average Bonchev–Trinajstić information content (AvgIpc) is 2.21. The van der Waals surface area contributed by atoms with Gasteiger partial charge in [-0.2, -0.15) is 0 Å². The quantitative estimate of drug-likeness (QED) is 0.408. The number of rotatable bonds is 11. The molecular weight excluding hydrogens is 174 g/mol. The molecule has 0 fully saturated rings. The van der Waals surface area contributed by atoms with Crippen LogP contribution in [0.25, 0.3) is 0 Å². The van der Waals surface area contributed by atoms with E-state index in [-0.39, 0.29) is 0 Å². The van der Waals surface area contributed by atoms with Crippen LogP contribution in [0, 0.1) is 0 Å². The molecule has 0 aliphatic heterocycles. The fourth-order valence-electron chi connectivity index (χ4n) is 1.26. The van der Waals surface area contributed by atoms with Crippen molar-refractivity contribution in [2.75, 3.05) is 26.3 Å². The van der Waals surface area contributed by atoms with E-state index in [4.69, 9.17) is 4.74 Å². The molecule has 2 heteroatoms. The maximum absolute atomic E-state index is 5.46. The number of hydrogen-bond acceptors (Lipinski definition) is 2. The van der Waals surface area contributed by atoms with E-state index in [0.717, 1.165) is 26.3 Å². The molecule has 0 aromatic rings. The summed E-state index contributed by atoms with van der Waals surface area (Å²) in [6.45, 7) is 9.41. The Hall–Kier alpha value is -0.340. The van der Waals surface area contributed by atoms with Gasteiger partial charge in [0, 0.05) is 19.7 Å². The Balaban J connectivity index is 2.81. The molecular formula is C12H25NO. The first-order chi connectivity index (χ1) is 6.91. The van der Waals surface area contributed by atoms with E-state index in [1.807, 2.05) is 6.08 Å². The summed E-state index contributed by atoms with van der Waals surface area (Å²) >= 11 is 0. The van der Waals surface area contributed by atoms with Crippen molar-refractivity contribution in [1.82, 2.24) is 5.32 Å². The third-order valence-electron chi connectivity index (χ3n) is 2.10. The molecule has 0 saturated carbocycles. The predicted molar refractivity (Wildman–Crippen MR) is 62.6 cm³/mol. The summed E-state index contributed by atoms with van der Waals surface area (Å²) in [5.41, 5.74) is 0. The van der Waals surface area contributed by atoms with Gasteiger partial charge in [0.05, 0.1) is 6.61 Å². The molecule has 0 aromatic heterocycles. The topological polar surface area (TPSA) is 21.3 Å². The third-order valence-corrected chi connectivity index (χ3v) is 2.10. The maximum Gasteiger partial charge on any atom is 0.0591 e. The molecule has 0 saturated heterocycles. The van der Waals surface area contributed by atoms with Gasteiger partial charge >= 0.3 is 0 Å². The molecule has 0 aliphatic carbocycles. The van der Waals surface area contributed by atoms with E-state index < -0.39 is 0 Å². The van der Waals surface area contributed by atoms with Crippen LogP contribution in [0.1, 0.15) is 39.0 Å². The Morgan fingerprint density at radius 2 is 1.93 bits per heavy atom. The highest BCUT2D eigenvalue weighted by Crippen LogP contribution is 2.01. The van der Waals surface area contributed by atoms with Crippen molar-refractivity contribution < 1.29 is 4.74 Å². The van der Waals surface area contributed by atoms with E-state index in [2.05, 4.69) is 18.8 Å². The van der Waals surface area contributed by atoms with Crippen molar-refractivity contribution >= 4 is 0 Å². The van der Waals surface area contributed by atoms with Crippen molar-refractivity contribution in [3.63, 3.8) is 0 Å². The monoisotopic (exact) mass is 199 g/mol. The Labute approximate surface area is 88.7 Å². The summed E-state index contributed by atoms with van der Waals surface area (Å²) in [4.78, 5) is 0. The minimum atomic E-state index is 0.821. The van der Waals surface area contributed by atoms with Crippen molar-refractivity contribution in [3.05, 3.63) is 12.7 Å². The third kappa shape index (κ3) is 11.7. The normalized spacial score (nSPS) is 10.4. The van der Waals surface area contributed by atoms with E-state index in [1.54, 1.807) is 0 Å². The van der Waals surface area contributed by atoms with Crippen LogP contribution in [0.15, 0.2) is 12.7 Å². The van der Waals surface area contributed by atoms with E-state index >= 15 is 0 Å². The smallest absolute Gasteiger partial charge is 0.0591 e. The highest BCUT2D eigenvalue weighted by molar-refractivity contribution is 4.68. The first kappa shape index (κ1) is 13.7. The van der Waals surface area contributed by atoms with Crippen molar-refractivity contribution in [2.45, 2.75) is 39.0 Å². The Kier molecular flexibility index (Phi) is 12.4. The molecule has 0 heterocycles. The largest absolute Gasteiger partial charge is 0.380 e. The zero-order chi connectivity index (χ0) is 10.5. The van der Waals surface area contributed by atoms with Gasteiger partial charge in [-0.25, -0.2) is 0 Å². The van der Waals surface area contributed by atoms with Crippen LogP contribution in [-0.2, 0) is 4.74 Å². The fraction of sp³-hybridized carbons (Fsp3) is 0.833. The van der Waals surface area contributed by atoms with Crippen molar-refractivity contribution in [3.8, 4) is 0 Å². The standard InChI is InChI=1S/C12H25NO/c1-3-5-6-7-8-11-14-12-10-13-9-4-2/h4,13H,2-3,5-12H2,1H3. The molecule has 0 rings (SSSR count). The zero-order valence-corrected chi connectivity index (χ0v) is 9.56. The number of nitrogens with one attached hydrogen (secondary N) is 1. The van der Waals surface area contributed by atoms with Crippen LogP contribution in [0.4, 0.5) is 0 Å². The summed E-state index contributed by atoms with van der Waals surface area (Å²) in [6, 6.07) is 0. The van der Waals surface area contributed by atoms with Gasteiger partial charge in [0.1, 0.15) is 0 Å². The first-order valence-corrected chi connectivity index (χ1v) is 5.81. The molecule has 2 nitrogen and oxygen atoms in total. The van der Waals surface area contributed by atoms with E-state index in [0.29, 0.717) is 0 Å². The van der Waals surface area contributed by atoms with Crippen LogP contribution in [0.3, 0.4) is 0 Å². The second kappa shape index (κ2) is 12.7. The molecule has 1 N–H and O–H groups in total. The maximum atomic E-state index is 5.46. The van der Waals surface area contributed by atoms with E-state index in [9.17, 15) is 0 Å². The summed E-state index contributed by atoms with van der Waals surface area (Å²) in [7, 11) is 0.